The summed E-state index contributed by atoms with van der Waals surface area (Å²) < 4.78 is 45.1. The van der Waals surface area contributed by atoms with Gasteiger partial charge in [0.15, 0.2) is 5.84 Å². The average Bonchev–Trinajstić information content (AvgIpc) is 3.23. The van der Waals surface area contributed by atoms with Gasteiger partial charge in [0.1, 0.15) is 18.1 Å². The molecule has 172 valence electrons. The predicted molar refractivity (Wildman–Crippen MR) is 115 cm³/mol. The van der Waals surface area contributed by atoms with Gasteiger partial charge in [0.25, 0.3) is 0 Å². The Morgan fingerprint density at radius 3 is 2.03 bits per heavy atom. The molecule has 0 radical (unpaired) electrons. The number of halogens is 3. The van der Waals surface area contributed by atoms with Crippen LogP contribution in [0, 0.1) is 0 Å². The van der Waals surface area contributed by atoms with Crippen molar-refractivity contribution in [2.24, 2.45) is 10.7 Å². The molecular formula is C21H29F3N4O3. The Bertz CT molecular complexity index is 772. The number of anilines is 1. The zero-order valence-electron chi connectivity index (χ0n) is 18.0. The third-order valence-electron chi connectivity index (χ3n) is 3.74. The first-order valence-corrected chi connectivity index (χ1v) is 9.65. The summed E-state index contributed by atoms with van der Waals surface area (Å²) in [6.07, 6.45) is -0.440. The molecule has 0 aliphatic carbocycles. The molecule has 7 nitrogen and oxygen atoms in total. The number of ether oxygens (including phenoxy) is 3. The highest BCUT2D eigenvalue weighted by Gasteiger charge is 2.26. The molecule has 2 aromatic carbocycles. The van der Waals surface area contributed by atoms with Crippen LogP contribution in [0.3, 0.4) is 0 Å². The smallest absolute Gasteiger partial charge is 0.379 e. The first-order valence-electron chi connectivity index (χ1n) is 9.65. The van der Waals surface area contributed by atoms with Crippen molar-refractivity contribution in [2.75, 3.05) is 32.4 Å². The largest absolute Gasteiger partial charge is 0.497 e. The zero-order valence-corrected chi connectivity index (χ0v) is 18.0. The molecule has 2 aromatic rings. The number of benzene rings is 2. The van der Waals surface area contributed by atoms with E-state index in [0.29, 0.717) is 13.2 Å². The molecule has 1 unspecified atom stereocenters. The van der Waals surface area contributed by atoms with Gasteiger partial charge in [-0.1, -0.05) is 13.8 Å². The molecule has 0 amide bonds. The van der Waals surface area contributed by atoms with Crippen molar-refractivity contribution >= 4 is 11.5 Å². The topological polar surface area (TPSA) is 81.3 Å². The van der Waals surface area contributed by atoms with Crippen LogP contribution in [-0.2, 0) is 4.74 Å². The van der Waals surface area contributed by atoms with Crippen molar-refractivity contribution in [1.29, 1.82) is 0 Å². The highest BCUT2D eigenvalue weighted by molar-refractivity contribution is 6.10. The summed E-state index contributed by atoms with van der Waals surface area (Å²) in [6.45, 7) is 1.31. The van der Waals surface area contributed by atoms with Gasteiger partial charge in [-0.3, -0.25) is 5.01 Å². The molecule has 1 heterocycles. The number of methoxy groups -OCH3 is 2. The average molecular weight is 442 g/mol. The van der Waals surface area contributed by atoms with E-state index < -0.39 is 13.0 Å². The number of aliphatic imine (C=N–C) groups is 1. The van der Waals surface area contributed by atoms with Crippen LogP contribution in [0.15, 0.2) is 53.5 Å². The number of nitrogens with two attached hydrogens (primary N) is 1. The van der Waals surface area contributed by atoms with E-state index >= 15 is 0 Å². The van der Waals surface area contributed by atoms with Crippen molar-refractivity contribution in [3.8, 4) is 11.5 Å². The first-order chi connectivity index (χ1) is 15.0. The first kappa shape index (κ1) is 26.2. The van der Waals surface area contributed by atoms with Gasteiger partial charge < -0.3 is 19.9 Å². The lowest BCUT2D eigenvalue weighted by Crippen LogP contribution is -2.41. The van der Waals surface area contributed by atoms with Crippen molar-refractivity contribution in [2.45, 2.75) is 26.9 Å². The third kappa shape index (κ3) is 8.44. The summed E-state index contributed by atoms with van der Waals surface area (Å²) in [4.78, 5) is 4.59. The molecule has 0 aromatic heterocycles. The molecule has 31 heavy (non-hydrogen) atoms. The molecule has 0 spiro atoms. The Labute approximate surface area is 180 Å². The number of hydrazine groups is 1. The van der Waals surface area contributed by atoms with E-state index in [1.54, 1.807) is 14.2 Å². The molecule has 1 atom stereocenters. The summed E-state index contributed by atoms with van der Waals surface area (Å²) in [6, 6.07) is 15.4. The van der Waals surface area contributed by atoms with Crippen LogP contribution in [0.4, 0.5) is 18.9 Å². The highest BCUT2D eigenvalue weighted by atomic mass is 19.4. The lowest BCUT2D eigenvalue weighted by Gasteiger charge is -2.21. The number of nitrogens with one attached hydrogen (secondary N) is 1. The van der Waals surface area contributed by atoms with Gasteiger partial charge in [0.2, 0.25) is 6.35 Å². The maximum absolute atomic E-state index is 9.67. The van der Waals surface area contributed by atoms with Gasteiger partial charge in [-0.25, -0.2) is 4.99 Å². The van der Waals surface area contributed by atoms with Crippen LogP contribution < -0.4 is 25.6 Å². The Balaban J connectivity index is 0.000000720. The Hall–Kier alpha value is -2.82. The third-order valence-corrected chi connectivity index (χ3v) is 3.74. The molecule has 3 rings (SSSR count). The standard InChI is InChI=1S/C18H22N4O3.C2H6.CHF3/c1-23-15-9-5-14(6-10-15)22-17(20-18(21-22)24-2)13-3-7-16(8-4-13)25-12-11-19;1-2;2-1(3)4/h3-10,18,21H,11-12,19H2,1-2H3;1-2H3;1H. The highest BCUT2D eigenvalue weighted by Crippen LogP contribution is 2.24. The number of alkyl halides is 3. The number of rotatable bonds is 7. The maximum atomic E-state index is 9.67. The molecule has 1 aliphatic heterocycles. The zero-order chi connectivity index (χ0) is 23.2. The van der Waals surface area contributed by atoms with Gasteiger partial charge in [0.05, 0.1) is 12.8 Å². The van der Waals surface area contributed by atoms with Crippen LogP contribution in [0.5, 0.6) is 11.5 Å². The van der Waals surface area contributed by atoms with E-state index in [1.165, 1.54) is 0 Å². The van der Waals surface area contributed by atoms with E-state index in [1.807, 2.05) is 67.4 Å². The summed E-state index contributed by atoms with van der Waals surface area (Å²) >= 11 is 0. The minimum Gasteiger partial charge on any atom is -0.497 e. The quantitative estimate of drug-likeness (QED) is 0.676. The van der Waals surface area contributed by atoms with Crippen LogP contribution >= 0.6 is 0 Å². The molecule has 0 saturated carbocycles. The van der Waals surface area contributed by atoms with Gasteiger partial charge >= 0.3 is 6.68 Å². The Morgan fingerprint density at radius 2 is 1.55 bits per heavy atom. The molecule has 3 N–H and O–H groups in total. The molecule has 0 bridgehead atoms. The number of nitrogens with zero attached hydrogens (tertiary/aromatic N) is 2. The van der Waals surface area contributed by atoms with E-state index in [2.05, 4.69) is 10.4 Å². The lowest BCUT2D eigenvalue weighted by molar-refractivity contribution is 0.00819. The second kappa shape index (κ2) is 14.2. The van der Waals surface area contributed by atoms with Crippen molar-refractivity contribution in [3.05, 3.63) is 54.1 Å². The van der Waals surface area contributed by atoms with Gasteiger partial charge in [-0.05, 0) is 48.5 Å². The van der Waals surface area contributed by atoms with Crippen molar-refractivity contribution in [1.82, 2.24) is 5.43 Å². The Kier molecular flexibility index (Phi) is 12.0. The van der Waals surface area contributed by atoms with Crippen molar-refractivity contribution < 1.29 is 27.4 Å². The molecule has 0 fully saturated rings. The molecular weight excluding hydrogens is 413 g/mol. The summed E-state index contributed by atoms with van der Waals surface area (Å²) in [5.41, 5.74) is 10.5. The second-order valence-corrected chi connectivity index (χ2v) is 5.61. The second-order valence-electron chi connectivity index (χ2n) is 5.61. The van der Waals surface area contributed by atoms with Crippen molar-refractivity contribution in [3.63, 3.8) is 0 Å². The maximum Gasteiger partial charge on any atom is 0.379 e. The van der Waals surface area contributed by atoms with Gasteiger partial charge in [-0.15, -0.1) is 0 Å². The minimum atomic E-state index is -3.67. The van der Waals surface area contributed by atoms with Crippen LogP contribution in [-0.4, -0.2) is 46.2 Å². The van der Waals surface area contributed by atoms with Crippen LogP contribution in [0.1, 0.15) is 19.4 Å². The minimum absolute atomic E-state index is 0.440. The van der Waals surface area contributed by atoms with Crippen LogP contribution in [0.25, 0.3) is 0 Å². The monoisotopic (exact) mass is 442 g/mol. The summed E-state index contributed by atoms with van der Waals surface area (Å²) in [5, 5.41) is 1.89. The predicted octanol–water partition coefficient (Wildman–Crippen LogP) is 3.94. The van der Waals surface area contributed by atoms with Gasteiger partial charge in [0, 0.05) is 19.2 Å². The SMILES string of the molecule is CC.COc1ccc(N2NC(OC)N=C2c2ccc(OCCN)cc2)cc1.FC(F)F. The summed E-state index contributed by atoms with van der Waals surface area (Å²) in [7, 11) is 3.26. The lowest BCUT2D eigenvalue weighted by atomic mass is 10.2. The van der Waals surface area contributed by atoms with Gasteiger partial charge in [-0.2, -0.15) is 18.6 Å². The van der Waals surface area contributed by atoms with E-state index in [0.717, 1.165) is 28.6 Å². The fourth-order valence-corrected chi connectivity index (χ4v) is 2.48. The number of amidine groups is 1. The molecule has 10 heteroatoms. The van der Waals surface area contributed by atoms with Crippen LogP contribution in [0.2, 0.25) is 0 Å². The fraction of sp³-hybridized carbons (Fsp3) is 0.381. The van der Waals surface area contributed by atoms with E-state index in [-0.39, 0.29) is 0 Å². The fourth-order valence-electron chi connectivity index (χ4n) is 2.48. The summed E-state index contributed by atoms with van der Waals surface area (Å²) in [5.74, 6) is 2.34. The number of hydrogen-bond donors (Lipinski definition) is 2. The molecule has 0 saturated heterocycles. The molecule has 1 aliphatic rings. The Morgan fingerprint density at radius 1 is 1.00 bits per heavy atom. The number of hydrogen-bond acceptors (Lipinski definition) is 7. The van der Waals surface area contributed by atoms with E-state index in [9.17, 15) is 13.2 Å². The normalized spacial score (nSPS) is 14.8. The van der Waals surface area contributed by atoms with E-state index in [4.69, 9.17) is 19.9 Å².